The number of carbonyl (C=O) groups is 2. The lowest BCUT2D eigenvalue weighted by molar-refractivity contribution is -0.130. The smallest absolute Gasteiger partial charge is 0.276 e. The maximum atomic E-state index is 11.7. The lowest BCUT2D eigenvalue weighted by Gasteiger charge is -2.09. The monoisotopic (exact) mass is 332 g/mol. The zero-order valence-electron chi connectivity index (χ0n) is 12.4. The van der Waals surface area contributed by atoms with Gasteiger partial charge < -0.3 is 4.74 Å². The van der Waals surface area contributed by atoms with Crippen LogP contribution in [-0.2, 0) is 16.0 Å². The molecule has 6 heteroatoms. The second-order valence-corrected chi connectivity index (χ2v) is 5.20. The zero-order valence-corrected chi connectivity index (χ0v) is 13.2. The molecule has 2 N–H and O–H groups in total. The number of para-hydroxylation sites is 1. The molecule has 23 heavy (non-hydrogen) atoms. The van der Waals surface area contributed by atoms with Crippen molar-refractivity contribution >= 4 is 23.4 Å². The van der Waals surface area contributed by atoms with E-state index in [-0.39, 0.29) is 18.9 Å². The van der Waals surface area contributed by atoms with Crippen LogP contribution in [-0.4, -0.2) is 18.4 Å². The Morgan fingerprint density at radius 1 is 0.913 bits per heavy atom. The fourth-order valence-corrected chi connectivity index (χ4v) is 2.08. The van der Waals surface area contributed by atoms with Crippen molar-refractivity contribution in [3.8, 4) is 5.75 Å². The van der Waals surface area contributed by atoms with Crippen molar-refractivity contribution in [3.63, 3.8) is 0 Å². The number of carbonyl (C=O) groups excluding carboxylic acids is 2. The molecule has 2 aromatic rings. The van der Waals surface area contributed by atoms with Gasteiger partial charge in [-0.15, -0.1) is 0 Å². The first-order valence-corrected chi connectivity index (χ1v) is 7.52. The second-order valence-electron chi connectivity index (χ2n) is 4.79. The van der Waals surface area contributed by atoms with Crippen molar-refractivity contribution in [2.45, 2.75) is 12.8 Å². The molecule has 5 nitrogen and oxygen atoms in total. The molecule has 0 fully saturated rings. The Kier molecular flexibility index (Phi) is 6.44. The summed E-state index contributed by atoms with van der Waals surface area (Å²) in [4.78, 5) is 23.3. The fourth-order valence-electron chi connectivity index (χ4n) is 1.85. The first kappa shape index (κ1) is 16.8. The van der Waals surface area contributed by atoms with Crippen LogP contribution in [0.4, 0.5) is 0 Å². The first-order chi connectivity index (χ1) is 11.1. The zero-order chi connectivity index (χ0) is 16.5. The van der Waals surface area contributed by atoms with Crippen LogP contribution in [0.15, 0.2) is 54.6 Å². The SMILES string of the molecule is O=C(CCc1ccccc1Cl)NNC(=O)COc1ccccc1. The van der Waals surface area contributed by atoms with Crippen molar-refractivity contribution in [1.82, 2.24) is 10.9 Å². The van der Waals surface area contributed by atoms with Gasteiger partial charge in [-0.25, -0.2) is 0 Å². The molecular formula is C17H17ClN2O3. The second kappa shape index (κ2) is 8.80. The van der Waals surface area contributed by atoms with Crippen LogP contribution >= 0.6 is 11.6 Å². The maximum absolute atomic E-state index is 11.7. The third kappa shape index (κ3) is 6.00. The summed E-state index contributed by atoms with van der Waals surface area (Å²) in [5, 5.41) is 0.626. The number of aryl methyl sites for hydroxylation is 1. The topological polar surface area (TPSA) is 67.4 Å². The molecule has 0 aliphatic carbocycles. The summed E-state index contributed by atoms with van der Waals surface area (Å²) < 4.78 is 5.26. The Bertz CT molecular complexity index is 662. The summed E-state index contributed by atoms with van der Waals surface area (Å²) in [6.45, 7) is -0.172. The van der Waals surface area contributed by atoms with Gasteiger partial charge in [0.2, 0.25) is 5.91 Å². The van der Waals surface area contributed by atoms with Gasteiger partial charge in [0, 0.05) is 11.4 Å². The summed E-state index contributed by atoms with van der Waals surface area (Å²) in [7, 11) is 0. The molecule has 120 valence electrons. The number of hydrogen-bond acceptors (Lipinski definition) is 3. The van der Waals surface area contributed by atoms with Crippen LogP contribution in [0, 0.1) is 0 Å². The van der Waals surface area contributed by atoms with Crippen molar-refractivity contribution in [2.24, 2.45) is 0 Å². The molecule has 0 aromatic heterocycles. The molecule has 2 rings (SSSR count). The quantitative estimate of drug-likeness (QED) is 0.799. The average molecular weight is 333 g/mol. The van der Waals surface area contributed by atoms with Crippen LogP contribution in [0.5, 0.6) is 5.75 Å². The Morgan fingerprint density at radius 2 is 1.57 bits per heavy atom. The van der Waals surface area contributed by atoms with Gasteiger partial charge in [0.25, 0.3) is 5.91 Å². The lowest BCUT2D eigenvalue weighted by atomic mass is 10.1. The molecule has 0 radical (unpaired) electrons. The number of hydrogen-bond donors (Lipinski definition) is 2. The molecule has 2 aromatic carbocycles. The fraction of sp³-hybridized carbons (Fsp3) is 0.176. The lowest BCUT2D eigenvalue weighted by Crippen LogP contribution is -2.43. The van der Waals surface area contributed by atoms with Gasteiger partial charge in [0.05, 0.1) is 0 Å². The van der Waals surface area contributed by atoms with Gasteiger partial charge in [0.1, 0.15) is 5.75 Å². The maximum Gasteiger partial charge on any atom is 0.276 e. The van der Waals surface area contributed by atoms with Crippen LogP contribution in [0.1, 0.15) is 12.0 Å². The minimum absolute atomic E-state index is 0.172. The summed E-state index contributed by atoms with van der Waals surface area (Å²) in [5.41, 5.74) is 5.55. The number of benzene rings is 2. The van der Waals surface area contributed by atoms with Crippen LogP contribution in [0.3, 0.4) is 0 Å². The number of halogens is 1. The molecule has 0 aliphatic rings. The molecule has 2 amide bonds. The largest absolute Gasteiger partial charge is 0.484 e. The summed E-state index contributed by atoms with van der Waals surface area (Å²) in [6, 6.07) is 16.3. The van der Waals surface area contributed by atoms with Crippen molar-refractivity contribution in [3.05, 3.63) is 65.2 Å². The van der Waals surface area contributed by atoms with E-state index in [0.29, 0.717) is 17.2 Å². The highest BCUT2D eigenvalue weighted by Crippen LogP contribution is 2.16. The number of hydrazine groups is 1. The van der Waals surface area contributed by atoms with Gasteiger partial charge in [-0.2, -0.15) is 0 Å². The van der Waals surface area contributed by atoms with Crippen LogP contribution in [0.25, 0.3) is 0 Å². The Labute approximate surface area is 139 Å². The van der Waals surface area contributed by atoms with Crippen LogP contribution < -0.4 is 15.6 Å². The van der Waals surface area contributed by atoms with E-state index in [0.717, 1.165) is 5.56 Å². The molecule has 0 bridgehead atoms. The molecular weight excluding hydrogens is 316 g/mol. The number of nitrogens with one attached hydrogen (secondary N) is 2. The van der Waals surface area contributed by atoms with E-state index in [4.69, 9.17) is 16.3 Å². The molecule has 0 aliphatic heterocycles. The highest BCUT2D eigenvalue weighted by Gasteiger charge is 2.07. The minimum atomic E-state index is -0.431. The van der Waals surface area contributed by atoms with E-state index in [1.54, 1.807) is 18.2 Å². The number of ether oxygens (including phenoxy) is 1. The van der Waals surface area contributed by atoms with E-state index < -0.39 is 5.91 Å². The molecule has 0 spiro atoms. The van der Waals surface area contributed by atoms with Gasteiger partial charge in [-0.3, -0.25) is 20.4 Å². The summed E-state index contributed by atoms with van der Waals surface area (Å²) in [6.07, 6.45) is 0.728. The average Bonchev–Trinajstić information content (AvgIpc) is 2.58. The summed E-state index contributed by atoms with van der Waals surface area (Å²) in [5.74, 6) is -0.134. The van der Waals surface area contributed by atoms with Crippen molar-refractivity contribution in [1.29, 1.82) is 0 Å². The molecule has 0 atom stereocenters. The van der Waals surface area contributed by atoms with Crippen molar-refractivity contribution < 1.29 is 14.3 Å². The minimum Gasteiger partial charge on any atom is -0.484 e. The Balaban J connectivity index is 1.66. The molecule has 0 saturated carbocycles. The molecule has 0 unspecified atom stereocenters. The predicted molar refractivity (Wildman–Crippen MR) is 88.0 cm³/mol. The van der Waals surface area contributed by atoms with E-state index >= 15 is 0 Å². The predicted octanol–water partition coefficient (Wildman–Crippen LogP) is 2.50. The Hall–Kier alpha value is -2.53. The van der Waals surface area contributed by atoms with E-state index in [1.165, 1.54) is 0 Å². The molecule has 0 saturated heterocycles. The van der Waals surface area contributed by atoms with Gasteiger partial charge >= 0.3 is 0 Å². The Morgan fingerprint density at radius 3 is 2.30 bits per heavy atom. The van der Waals surface area contributed by atoms with E-state index in [2.05, 4.69) is 10.9 Å². The third-order valence-electron chi connectivity index (χ3n) is 3.03. The van der Waals surface area contributed by atoms with Gasteiger partial charge in [-0.05, 0) is 30.2 Å². The number of rotatable bonds is 6. The van der Waals surface area contributed by atoms with Crippen molar-refractivity contribution in [2.75, 3.05) is 6.61 Å². The highest BCUT2D eigenvalue weighted by atomic mass is 35.5. The first-order valence-electron chi connectivity index (χ1n) is 7.14. The van der Waals surface area contributed by atoms with Gasteiger partial charge in [-0.1, -0.05) is 48.0 Å². The van der Waals surface area contributed by atoms with Crippen LogP contribution in [0.2, 0.25) is 5.02 Å². The normalized spacial score (nSPS) is 9.96. The van der Waals surface area contributed by atoms with E-state index in [1.807, 2.05) is 36.4 Å². The summed E-state index contributed by atoms with van der Waals surface area (Å²) >= 11 is 6.02. The highest BCUT2D eigenvalue weighted by molar-refractivity contribution is 6.31. The molecule has 0 heterocycles. The standard InChI is InChI=1S/C17H17ClN2O3/c18-15-9-5-4-6-13(15)10-11-16(21)19-20-17(22)12-23-14-7-2-1-3-8-14/h1-9H,10-12H2,(H,19,21)(H,20,22). The third-order valence-corrected chi connectivity index (χ3v) is 3.40. The number of amides is 2. The van der Waals surface area contributed by atoms with Gasteiger partial charge in [0.15, 0.2) is 6.61 Å². The van der Waals surface area contributed by atoms with E-state index in [9.17, 15) is 9.59 Å².